The molecule has 0 amide bonds. The first kappa shape index (κ1) is 10.6. The van der Waals surface area contributed by atoms with Crippen LogP contribution in [0.15, 0.2) is 16.9 Å². The standard InChI is InChI=1S/C11H19N3O/c1-3-11(2)9-14(6-5-12-11)8-10-4-7-15-13-10/h4,7,12H,3,5-6,8-9H2,1-2H3. The molecule has 0 saturated carbocycles. The quantitative estimate of drug-likeness (QED) is 0.813. The van der Waals surface area contributed by atoms with Gasteiger partial charge in [-0.05, 0) is 13.3 Å². The molecule has 1 atom stereocenters. The molecule has 1 aliphatic rings. The van der Waals surface area contributed by atoms with Crippen molar-refractivity contribution in [2.24, 2.45) is 0 Å². The number of piperazine rings is 1. The summed E-state index contributed by atoms with van der Waals surface area (Å²) in [5.74, 6) is 0. The Labute approximate surface area is 90.6 Å². The molecule has 0 spiro atoms. The summed E-state index contributed by atoms with van der Waals surface area (Å²) in [7, 11) is 0. The Bertz CT molecular complexity index is 299. The van der Waals surface area contributed by atoms with Crippen LogP contribution < -0.4 is 5.32 Å². The molecule has 0 radical (unpaired) electrons. The molecule has 0 aliphatic carbocycles. The van der Waals surface area contributed by atoms with Crippen molar-refractivity contribution in [2.75, 3.05) is 19.6 Å². The summed E-state index contributed by atoms with van der Waals surface area (Å²) >= 11 is 0. The van der Waals surface area contributed by atoms with Gasteiger partial charge in [-0.15, -0.1) is 0 Å². The second kappa shape index (κ2) is 4.33. The van der Waals surface area contributed by atoms with Crippen LogP contribution in [0.1, 0.15) is 26.0 Å². The van der Waals surface area contributed by atoms with Gasteiger partial charge in [-0.3, -0.25) is 4.90 Å². The highest BCUT2D eigenvalue weighted by Gasteiger charge is 2.28. The Hall–Kier alpha value is -0.870. The molecule has 2 rings (SSSR count). The lowest BCUT2D eigenvalue weighted by Gasteiger charge is -2.40. The number of nitrogens with one attached hydrogen (secondary N) is 1. The fourth-order valence-corrected chi connectivity index (χ4v) is 2.06. The van der Waals surface area contributed by atoms with E-state index in [1.54, 1.807) is 6.26 Å². The number of nitrogens with zero attached hydrogens (tertiary/aromatic N) is 2. The Morgan fingerprint density at radius 3 is 3.20 bits per heavy atom. The molecule has 1 aliphatic heterocycles. The van der Waals surface area contributed by atoms with E-state index in [0.29, 0.717) is 0 Å². The van der Waals surface area contributed by atoms with Crippen LogP contribution in [-0.4, -0.2) is 35.2 Å². The Morgan fingerprint density at radius 1 is 1.67 bits per heavy atom. The third-order valence-corrected chi connectivity index (χ3v) is 3.21. The van der Waals surface area contributed by atoms with E-state index in [9.17, 15) is 0 Å². The summed E-state index contributed by atoms with van der Waals surface area (Å²) in [6.45, 7) is 8.63. The number of aromatic nitrogens is 1. The Balaban J connectivity index is 1.93. The maximum Gasteiger partial charge on any atom is 0.124 e. The molecule has 1 fully saturated rings. The van der Waals surface area contributed by atoms with Crippen molar-refractivity contribution in [3.63, 3.8) is 0 Å². The summed E-state index contributed by atoms with van der Waals surface area (Å²) in [5, 5.41) is 7.52. The van der Waals surface area contributed by atoms with Gasteiger partial charge in [0.1, 0.15) is 6.26 Å². The van der Waals surface area contributed by atoms with Gasteiger partial charge < -0.3 is 9.84 Å². The van der Waals surface area contributed by atoms with Gasteiger partial charge in [0.15, 0.2) is 0 Å². The number of hydrogen-bond acceptors (Lipinski definition) is 4. The molecule has 2 heterocycles. The van der Waals surface area contributed by atoms with Crippen molar-refractivity contribution in [2.45, 2.75) is 32.4 Å². The van der Waals surface area contributed by atoms with Gasteiger partial charge in [0.05, 0.1) is 5.69 Å². The molecule has 1 aromatic rings. The molecule has 1 saturated heterocycles. The van der Waals surface area contributed by atoms with E-state index in [1.165, 1.54) is 0 Å². The lowest BCUT2D eigenvalue weighted by atomic mass is 9.96. The summed E-state index contributed by atoms with van der Waals surface area (Å²) in [6.07, 6.45) is 2.79. The fraction of sp³-hybridized carbons (Fsp3) is 0.727. The molecule has 0 aromatic carbocycles. The summed E-state index contributed by atoms with van der Waals surface area (Å²) in [4.78, 5) is 2.43. The SMILES string of the molecule is CCC1(C)CN(Cc2ccon2)CCN1. The van der Waals surface area contributed by atoms with E-state index in [1.807, 2.05) is 6.07 Å². The van der Waals surface area contributed by atoms with E-state index in [0.717, 1.165) is 38.3 Å². The van der Waals surface area contributed by atoms with Crippen molar-refractivity contribution in [1.82, 2.24) is 15.4 Å². The molecule has 4 nitrogen and oxygen atoms in total. The van der Waals surface area contributed by atoms with E-state index < -0.39 is 0 Å². The largest absolute Gasteiger partial charge is 0.364 e. The average Bonchev–Trinajstić information content (AvgIpc) is 2.71. The van der Waals surface area contributed by atoms with E-state index in [4.69, 9.17) is 4.52 Å². The Kier molecular flexibility index (Phi) is 3.07. The normalized spacial score (nSPS) is 28.1. The molecule has 0 bridgehead atoms. The van der Waals surface area contributed by atoms with Crippen molar-refractivity contribution in [1.29, 1.82) is 0 Å². The van der Waals surface area contributed by atoms with Crippen LogP contribution in [0.4, 0.5) is 0 Å². The summed E-state index contributed by atoms with van der Waals surface area (Å²) in [6, 6.07) is 1.94. The van der Waals surface area contributed by atoms with E-state index in [-0.39, 0.29) is 5.54 Å². The van der Waals surface area contributed by atoms with Crippen molar-refractivity contribution >= 4 is 0 Å². The zero-order valence-electron chi connectivity index (χ0n) is 9.49. The second-order valence-corrected chi connectivity index (χ2v) is 4.54. The topological polar surface area (TPSA) is 41.3 Å². The van der Waals surface area contributed by atoms with Crippen LogP contribution in [0.3, 0.4) is 0 Å². The minimum absolute atomic E-state index is 0.252. The van der Waals surface area contributed by atoms with Crippen molar-refractivity contribution in [3.05, 3.63) is 18.0 Å². The maximum atomic E-state index is 4.84. The smallest absolute Gasteiger partial charge is 0.124 e. The molecule has 84 valence electrons. The zero-order chi connectivity index (χ0) is 10.7. The third-order valence-electron chi connectivity index (χ3n) is 3.21. The van der Waals surface area contributed by atoms with Gasteiger partial charge in [0.25, 0.3) is 0 Å². The highest BCUT2D eigenvalue weighted by Crippen LogP contribution is 2.16. The number of hydrogen-bond donors (Lipinski definition) is 1. The summed E-state index contributed by atoms with van der Waals surface area (Å²) < 4.78 is 4.84. The van der Waals surface area contributed by atoms with E-state index in [2.05, 4.69) is 29.2 Å². The predicted molar refractivity (Wildman–Crippen MR) is 58.5 cm³/mol. The zero-order valence-corrected chi connectivity index (χ0v) is 9.49. The minimum atomic E-state index is 0.252. The number of rotatable bonds is 3. The van der Waals surface area contributed by atoms with Gasteiger partial charge in [-0.1, -0.05) is 12.1 Å². The van der Waals surface area contributed by atoms with E-state index >= 15 is 0 Å². The van der Waals surface area contributed by atoms with Crippen LogP contribution >= 0.6 is 0 Å². The predicted octanol–water partition coefficient (Wildman–Crippen LogP) is 1.25. The summed E-state index contributed by atoms with van der Waals surface area (Å²) in [5.41, 5.74) is 1.28. The molecular formula is C11H19N3O. The molecule has 4 heteroatoms. The average molecular weight is 209 g/mol. The first-order valence-corrected chi connectivity index (χ1v) is 5.58. The van der Waals surface area contributed by atoms with Gasteiger partial charge in [-0.25, -0.2) is 0 Å². The first-order valence-electron chi connectivity index (χ1n) is 5.58. The minimum Gasteiger partial charge on any atom is -0.364 e. The van der Waals surface area contributed by atoms with Crippen LogP contribution in [0, 0.1) is 0 Å². The van der Waals surface area contributed by atoms with Crippen molar-refractivity contribution in [3.8, 4) is 0 Å². The van der Waals surface area contributed by atoms with Crippen LogP contribution in [0.2, 0.25) is 0 Å². The lowest BCUT2D eigenvalue weighted by Crippen LogP contribution is -2.58. The van der Waals surface area contributed by atoms with Gasteiger partial charge in [0, 0.05) is 37.8 Å². The van der Waals surface area contributed by atoms with Crippen LogP contribution in [0.25, 0.3) is 0 Å². The Morgan fingerprint density at radius 2 is 2.53 bits per heavy atom. The van der Waals surface area contributed by atoms with Gasteiger partial charge in [-0.2, -0.15) is 0 Å². The fourth-order valence-electron chi connectivity index (χ4n) is 2.06. The molecule has 1 N–H and O–H groups in total. The highest BCUT2D eigenvalue weighted by molar-refractivity contribution is 4.98. The van der Waals surface area contributed by atoms with Crippen LogP contribution in [-0.2, 0) is 6.54 Å². The van der Waals surface area contributed by atoms with Gasteiger partial charge >= 0.3 is 0 Å². The molecular weight excluding hydrogens is 190 g/mol. The maximum absolute atomic E-state index is 4.84. The molecule has 1 unspecified atom stereocenters. The monoisotopic (exact) mass is 209 g/mol. The molecule has 1 aromatic heterocycles. The lowest BCUT2D eigenvalue weighted by molar-refractivity contribution is 0.131. The first-order chi connectivity index (χ1) is 7.22. The molecule has 15 heavy (non-hydrogen) atoms. The van der Waals surface area contributed by atoms with Crippen molar-refractivity contribution < 1.29 is 4.52 Å². The van der Waals surface area contributed by atoms with Crippen LogP contribution in [0.5, 0.6) is 0 Å². The van der Waals surface area contributed by atoms with Gasteiger partial charge in [0.2, 0.25) is 0 Å². The second-order valence-electron chi connectivity index (χ2n) is 4.54. The third kappa shape index (κ3) is 2.58. The highest BCUT2D eigenvalue weighted by atomic mass is 16.5.